The molecule has 1 aliphatic carbocycles. The summed E-state index contributed by atoms with van der Waals surface area (Å²) >= 11 is 6.67. The van der Waals surface area contributed by atoms with Crippen molar-refractivity contribution in [3.8, 4) is 0 Å². The third-order valence-electron chi connectivity index (χ3n) is 6.17. The van der Waals surface area contributed by atoms with E-state index >= 15 is 0 Å². The Kier molecular flexibility index (Phi) is 6.17. The lowest BCUT2D eigenvalue weighted by molar-refractivity contribution is 0.0256. The SMILES string of the molecule is CC(C)(C)[Si](O[C@H]1c2c(Cl)cccc2C[C@@H]1OC(N)=O)(c1ccccc1)c1ccccc1. The van der Waals surface area contributed by atoms with Crippen LogP contribution >= 0.6 is 11.6 Å². The van der Waals surface area contributed by atoms with Crippen LogP contribution in [0.2, 0.25) is 10.1 Å². The number of nitrogens with two attached hydrogens (primary N) is 1. The molecule has 0 unspecified atom stereocenters. The van der Waals surface area contributed by atoms with Crippen LogP contribution in [0.3, 0.4) is 0 Å². The van der Waals surface area contributed by atoms with Crippen LogP contribution in [-0.2, 0) is 15.6 Å². The Morgan fingerprint density at radius 3 is 2.00 bits per heavy atom. The second kappa shape index (κ2) is 8.74. The number of ether oxygens (including phenoxy) is 1. The number of primary amides is 1. The molecule has 3 aromatic carbocycles. The molecule has 2 atom stereocenters. The molecule has 32 heavy (non-hydrogen) atoms. The summed E-state index contributed by atoms with van der Waals surface area (Å²) in [5.41, 5.74) is 7.34. The summed E-state index contributed by atoms with van der Waals surface area (Å²) in [4.78, 5) is 11.8. The highest BCUT2D eigenvalue weighted by molar-refractivity contribution is 6.99. The van der Waals surface area contributed by atoms with E-state index in [0.717, 1.165) is 21.5 Å². The summed E-state index contributed by atoms with van der Waals surface area (Å²) < 4.78 is 12.8. The first-order valence-corrected chi connectivity index (χ1v) is 13.0. The zero-order valence-electron chi connectivity index (χ0n) is 18.5. The van der Waals surface area contributed by atoms with E-state index < -0.39 is 26.6 Å². The smallest absolute Gasteiger partial charge is 0.404 e. The Hall–Kier alpha value is -2.60. The molecule has 3 aromatic rings. The summed E-state index contributed by atoms with van der Waals surface area (Å²) in [6, 6.07) is 26.5. The molecule has 0 radical (unpaired) electrons. The van der Waals surface area contributed by atoms with Crippen molar-refractivity contribution in [2.45, 2.75) is 44.4 Å². The Labute approximate surface area is 195 Å². The summed E-state index contributed by atoms with van der Waals surface area (Å²) in [6.45, 7) is 6.64. The van der Waals surface area contributed by atoms with Crippen molar-refractivity contribution in [3.05, 3.63) is 95.0 Å². The molecule has 0 aliphatic heterocycles. The summed E-state index contributed by atoms with van der Waals surface area (Å²) in [7, 11) is -2.89. The summed E-state index contributed by atoms with van der Waals surface area (Å²) in [5, 5.41) is 2.69. The number of hydrogen-bond donors (Lipinski definition) is 1. The van der Waals surface area contributed by atoms with E-state index in [2.05, 4.69) is 45.0 Å². The normalized spacial score (nSPS) is 18.2. The number of fused-ring (bicyclic) bond motifs is 1. The molecule has 0 saturated carbocycles. The van der Waals surface area contributed by atoms with Crippen molar-refractivity contribution in [1.82, 2.24) is 0 Å². The molecular weight excluding hydrogens is 438 g/mol. The van der Waals surface area contributed by atoms with Gasteiger partial charge in [-0.1, -0.05) is 105 Å². The number of carbonyl (C=O) groups is 1. The molecule has 1 aliphatic rings. The summed E-state index contributed by atoms with van der Waals surface area (Å²) in [5.74, 6) is 0. The minimum atomic E-state index is -2.89. The van der Waals surface area contributed by atoms with Crippen LogP contribution in [-0.4, -0.2) is 20.5 Å². The van der Waals surface area contributed by atoms with Crippen LogP contribution in [0.4, 0.5) is 4.79 Å². The van der Waals surface area contributed by atoms with Gasteiger partial charge in [0.25, 0.3) is 8.32 Å². The molecule has 0 heterocycles. The van der Waals surface area contributed by atoms with Gasteiger partial charge >= 0.3 is 6.09 Å². The van der Waals surface area contributed by atoms with E-state index in [-0.39, 0.29) is 5.04 Å². The first-order valence-electron chi connectivity index (χ1n) is 10.8. The standard InChI is InChI=1S/C26H28ClNO3Si/c1-26(2,3)32(19-12-6-4-7-13-19,20-14-8-5-9-15-20)31-24-22(30-25(28)29)17-18-11-10-16-21(27)23(18)24/h4-16,22,24H,17H2,1-3H3,(H2,28,29)/t22-,24+/m0/s1. The van der Waals surface area contributed by atoms with Crippen molar-refractivity contribution < 1.29 is 14.0 Å². The van der Waals surface area contributed by atoms with E-state index in [4.69, 9.17) is 26.5 Å². The van der Waals surface area contributed by atoms with Crippen LogP contribution in [0, 0.1) is 0 Å². The highest BCUT2D eigenvalue weighted by Crippen LogP contribution is 2.46. The van der Waals surface area contributed by atoms with Gasteiger partial charge in [-0.05, 0) is 27.0 Å². The lowest BCUT2D eigenvalue weighted by atomic mass is 10.1. The van der Waals surface area contributed by atoms with Crippen LogP contribution in [0.5, 0.6) is 0 Å². The first kappa shape index (κ1) is 22.6. The van der Waals surface area contributed by atoms with Gasteiger partial charge in [0, 0.05) is 17.0 Å². The molecule has 4 nitrogen and oxygen atoms in total. The molecular formula is C26H28ClNO3Si. The Morgan fingerprint density at radius 2 is 1.50 bits per heavy atom. The van der Waals surface area contributed by atoms with Crippen molar-refractivity contribution in [2.24, 2.45) is 5.73 Å². The van der Waals surface area contributed by atoms with E-state index in [1.165, 1.54) is 0 Å². The van der Waals surface area contributed by atoms with E-state index in [1.807, 2.05) is 54.6 Å². The zero-order chi connectivity index (χ0) is 22.9. The average molecular weight is 466 g/mol. The van der Waals surface area contributed by atoms with E-state index in [1.54, 1.807) is 0 Å². The Morgan fingerprint density at radius 1 is 0.938 bits per heavy atom. The van der Waals surface area contributed by atoms with Crippen LogP contribution < -0.4 is 16.1 Å². The van der Waals surface area contributed by atoms with Crippen LogP contribution in [0.1, 0.15) is 38.0 Å². The van der Waals surface area contributed by atoms with Gasteiger partial charge < -0.3 is 14.9 Å². The van der Waals surface area contributed by atoms with Crippen molar-refractivity contribution in [1.29, 1.82) is 0 Å². The first-order chi connectivity index (χ1) is 15.2. The molecule has 4 rings (SSSR count). The number of amides is 1. The second-order valence-corrected chi connectivity index (χ2v) is 13.9. The fourth-order valence-electron chi connectivity index (χ4n) is 4.86. The highest BCUT2D eigenvalue weighted by Gasteiger charge is 2.54. The van der Waals surface area contributed by atoms with Crippen LogP contribution in [0.25, 0.3) is 0 Å². The molecule has 1 amide bonds. The quantitative estimate of drug-likeness (QED) is 0.540. The maximum absolute atomic E-state index is 11.8. The molecule has 0 saturated heterocycles. The fraction of sp³-hybridized carbons (Fsp3) is 0.269. The average Bonchev–Trinajstić information content (AvgIpc) is 3.09. The number of benzene rings is 3. The van der Waals surface area contributed by atoms with E-state index in [9.17, 15) is 4.79 Å². The van der Waals surface area contributed by atoms with Gasteiger partial charge in [-0.2, -0.15) is 0 Å². The monoisotopic (exact) mass is 465 g/mol. The topological polar surface area (TPSA) is 61.6 Å². The molecule has 0 bridgehead atoms. The van der Waals surface area contributed by atoms with Gasteiger partial charge in [-0.15, -0.1) is 0 Å². The Balaban J connectivity index is 1.94. The van der Waals surface area contributed by atoms with Gasteiger partial charge in [0.2, 0.25) is 0 Å². The van der Waals surface area contributed by atoms with Crippen molar-refractivity contribution in [3.63, 3.8) is 0 Å². The van der Waals surface area contributed by atoms with E-state index in [0.29, 0.717) is 11.4 Å². The predicted octanol–water partition coefficient (Wildman–Crippen LogP) is 4.98. The van der Waals surface area contributed by atoms with Gasteiger partial charge in [0.05, 0.1) is 0 Å². The maximum atomic E-state index is 11.8. The highest BCUT2D eigenvalue weighted by atomic mass is 35.5. The largest absolute Gasteiger partial charge is 0.443 e. The number of halogens is 1. The fourth-order valence-corrected chi connectivity index (χ4v) is 9.82. The van der Waals surface area contributed by atoms with Gasteiger partial charge in [-0.25, -0.2) is 4.79 Å². The van der Waals surface area contributed by atoms with Gasteiger partial charge in [0.15, 0.2) is 0 Å². The number of carbonyl (C=O) groups excluding carboxylic acids is 1. The second-order valence-electron chi connectivity index (χ2n) is 9.19. The van der Waals surface area contributed by atoms with Crippen molar-refractivity contribution >= 4 is 36.4 Å². The molecule has 166 valence electrons. The third kappa shape index (κ3) is 3.96. The predicted molar refractivity (Wildman–Crippen MR) is 131 cm³/mol. The Bertz CT molecular complexity index is 1060. The molecule has 6 heteroatoms. The van der Waals surface area contributed by atoms with Crippen LogP contribution in [0.15, 0.2) is 78.9 Å². The lowest BCUT2D eigenvalue weighted by Gasteiger charge is -2.45. The number of hydrogen-bond acceptors (Lipinski definition) is 3. The lowest BCUT2D eigenvalue weighted by Crippen LogP contribution is -2.67. The zero-order valence-corrected chi connectivity index (χ0v) is 20.3. The number of rotatable bonds is 5. The minimum Gasteiger partial charge on any atom is -0.443 e. The minimum absolute atomic E-state index is 0.225. The summed E-state index contributed by atoms with van der Waals surface area (Å²) in [6.07, 6.45) is -1.35. The van der Waals surface area contributed by atoms with Gasteiger partial charge in [0.1, 0.15) is 12.2 Å². The van der Waals surface area contributed by atoms with Crippen molar-refractivity contribution in [2.75, 3.05) is 0 Å². The molecule has 0 aromatic heterocycles. The van der Waals surface area contributed by atoms with Gasteiger partial charge in [-0.3, -0.25) is 0 Å². The molecule has 0 spiro atoms. The molecule has 0 fully saturated rings. The molecule has 2 N–H and O–H groups in total. The third-order valence-corrected chi connectivity index (χ3v) is 11.5. The maximum Gasteiger partial charge on any atom is 0.404 e.